The second-order valence-electron chi connectivity index (χ2n) is 7.46. The molecule has 2 aromatic carbocycles. The number of hydrogen-bond donors (Lipinski definition) is 2. The Labute approximate surface area is 161 Å². The van der Waals surface area contributed by atoms with Gasteiger partial charge in [-0.1, -0.05) is 45.0 Å². The van der Waals surface area contributed by atoms with Crippen molar-refractivity contribution in [2.24, 2.45) is 0 Å². The Morgan fingerprint density at radius 3 is 2.11 bits per heavy atom. The standard InChI is InChI=1S/C22H28N2O3/c1-22(2,3)18-9-7-17(8-10-18)21(26)24-15-20(25)23-14-13-16-5-11-19(27-4)12-6-16/h5-12H,13-15H2,1-4H3,(H,23,25)(H,24,26). The highest BCUT2D eigenvalue weighted by molar-refractivity contribution is 5.96. The van der Waals surface area contributed by atoms with Crippen LogP contribution in [0, 0.1) is 0 Å². The van der Waals surface area contributed by atoms with E-state index >= 15 is 0 Å². The molecule has 5 nitrogen and oxygen atoms in total. The second-order valence-corrected chi connectivity index (χ2v) is 7.46. The first-order valence-electron chi connectivity index (χ1n) is 9.08. The van der Waals surface area contributed by atoms with Gasteiger partial charge in [-0.25, -0.2) is 0 Å². The quantitative estimate of drug-likeness (QED) is 0.789. The van der Waals surface area contributed by atoms with Crippen LogP contribution < -0.4 is 15.4 Å². The summed E-state index contributed by atoms with van der Waals surface area (Å²) >= 11 is 0. The molecule has 5 heteroatoms. The Balaban J connectivity index is 1.73. The summed E-state index contributed by atoms with van der Waals surface area (Å²) in [5.74, 6) is 0.352. The van der Waals surface area contributed by atoms with E-state index in [2.05, 4.69) is 31.4 Å². The zero-order chi connectivity index (χ0) is 19.9. The summed E-state index contributed by atoms with van der Waals surface area (Å²) in [6.45, 7) is 6.85. The van der Waals surface area contributed by atoms with Crippen LogP contribution in [0.5, 0.6) is 5.75 Å². The lowest BCUT2D eigenvalue weighted by Crippen LogP contribution is -2.37. The van der Waals surface area contributed by atoms with Crippen LogP contribution >= 0.6 is 0 Å². The van der Waals surface area contributed by atoms with E-state index in [0.717, 1.165) is 23.3 Å². The van der Waals surface area contributed by atoms with Crippen LogP contribution in [0.1, 0.15) is 42.3 Å². The lowest BCUT2D eigenvalue weighted by molar-refractivity contribution is -0.120. The highest BCUT2D eigenvalue weighted by atomic mass is 16.5. The monoisotopic (exact) mass is 368 g/mol. The summed E-state index contributed by atoms with van der Waals surface area (Å²) in [6, 6.07) is 15.2. The van der Waals surface area contributed by atoms with Crippen molar-refractivity contribution in [1.29, 1.82) is 0 Å². The molecule has 0 atom stereocenters. The Kier molecular flexibility index (Phi) is 6.99. The highest BCUT2D eigenvalue weighted by Gasteiger charge is 2.14. The van der Waals surface area contributed by atoms with Gasteiger partial charge in [0, 0.05) is 12.1 Å². The van der Waals surface area contributed by atoms with Crippen molar-refractivity contribution in [2.45, 2.75) is 32.6 Å². The minimum atomic E-state index is -0.249. The van der Waals surface area contributed by atoms with Gasteiger partial charge in [0.1, 0.15) is 5.75 Å². The molecule has 0 spiro atoms. The zero-order valence-electron chi connectivity index (χ0n) is 16.5. The van der Waals surface area contributed by atoms with E-state index in [1.54, 1.807) is 19.2 Å². The maximum Gasteiger partial charge on any atom is 0.251 e. The molecule has 2 N–H and O–H groups in total. The predicted octanol–water partition coefficient (Wildman–Crippen LogP) is 3.08. The fourth-order valence-electron chi connectivity index (χ4n) is 2.59. The molecule has 0 radical (unpaired) electrons. The molecule has 27 heavy (non-hydrogen) atoms. The average Bonchev–Trinajstić information content (AvgIpc) is 2.66. The Bertz CT molecular complexity index is 760. The van der Waals surface area contributed by atoms with Crippen LogP contribution in [-0.4, -0.2) is 32.0 Å². The highest BCUT2D eigenvalue weighted by Crippen LogP contribution is 2.22. The van der Waals surface area contributed by atoms with Gasteiger partial charge in [0.15, 0.2) is 0 Å². The molecular formula is C22H28N2O3. The van der Waals surface area contributed by atoms with Crippen LogP contribution in [0.15, 0.2) is 48.5 Å². The molecule has 2 rings (SSSR count). The largest absolute Gasteiger partial charge is 0.497 e. The van der Waals surface area contributed by atoms with E-state index in [4.69, 9.17) is 4.74 Å². The first kappa shape index (κ1) is 20.5. The molecule has 0 saturated heterocycles. The number of rotatable bonds is 7. The van der Waals surface area contributed by atoms with Gasteiger partial charge in [-0.15, -0.1) is 0 Å². The average molecular weight is 368 g/mol. The molecular weight excluding hydrogens is 340 g/mol. The number of methoxy groups -OCH3 is 1. The topological polar surface area (TPSA) is 67.4 Å². The van der Waals surface area contributed by atoms with Gasteiger partial charge in [-0.2, -0.15) is 0 Å². The third-order valence-electron chi connectivity index (χ3n) is 4.32. The third kappa shape index (κ3) is 6.44. The number of ether oxygens (including phenoxy) is 1. The van der Waals surface area contributed by atoms with Gasteiger partial charge in [0.2, 0.25) is 5.91 Å². The van der Waals surface area contributed by atoms with Crippen molar-refractivity contribution in [3.63, 3.8) is 0 Å². The number of amides is 2. The van der Waals surface area contributed by atoms with Crippen LogP contribution in [-0.2, 0) is 16.6 Å². The van der Waals surface area contributed by atoms with Gasteiger partial charge in [-0.3, -0.25) is 9.59 Å². The lowest BCUT2D eigenvalue weighted by atomic mass is 9.87. The maximum atomic E-state index is 12.2. The number of benzene rings is 2. The molecule has 0 saturated carbocycles. The van der Waals surface area contributed by atoms with Crippen molar-refractivity contribution in [3.8, 4) is 5.75 Å². The van der Waals surface area contributed by atoms with Crippen molar-refractivity contribution < 1.29 is 14.3 Å². The van der Waals surface area contributed by atoms with Crippen molar-refractivity contribution in [2.75, 3.05) is 20.2 Å². The van der Waals surface area contributed by atoms with Crippen molar-refractivity contribution in [3.05, 3.63) is 65.2 Å². The predicted molar refractivity (Wildman–Crippen MR) is 107 cm³/mol. The van der Waals surface area contributed by atoms with Gasteiger partial charge in [0.25, 0.3) is 5.91 Å². The van der Waals surface area contributed by atoms with Crippen LogP contribution in [0.3, 0.4) is 0 Å². The normalized spacial score (nSPS) is 11.0. The minimum absolute atomic E-state index is 0.0392. The third-order valence-corrected chi connectivity index (χ3v) is 4.32. The molecule has 0 aliphatic rings. The van der Waals surface area contributed by atoms with Gasteiger partial charge >= 0.3 is 0 Å². The number of hydrogen-bond acceptors (Lipinski definition) is 3. The molecule has 0 unspecified atom stereocenters. The smallest absolute Gasteiger partial charge is 0.251 e. The summed E-state index contributed by atoms with van der Waals surface area (Å²) in [5, 5.41) is 5.46. The summed E-state index contributed by atoms with van der Waals surface area (Å²) in [7, 11) is 1.63. The van der Waals surface area contributed by atoms with E-state index in [9.17, 15) is 9.59 Å². The summed E-state index contributed by atoms with van der Waals surface area (Å²) in [5.41, 5.74) is 2.86. The van der Waals surface area contributed by atoms with Crippen molar-refractivity contribution in [1.82, 2.24) is 10.6 Å². The van der Waals surface area contributed by atoms with E-state index < -0.39 is 0 Å². The number of carbonyl (C=O) groups excluding carboxylic acids is 2. The molecule has 0 bridgehead atoms. The van der Waals surface area contributed by atoms with E-state index in [1.165, 1.54) is 0 Å². The second kappa shape index (κ2) is 9.21. The Morgan fingerprint density at radius 1 is 0.926 bits per heavy atom. The maximum absolute atomic E-state index is 12.2. The van der Waals surface area contributed by atoms with Gasteiger partial charge < -0.3 is 15.4 Å². The molecule has 0 aliphatic heterocycles. The van der Waals surface area contributed by atoms with Crippen LogP contribution in [0.25, 0.3) is 0 Å². The van der Waals surface area contributed by atoms with Crippen molar-refractivity contribution >= 4 is 11.8 Å². The van der Waals surface area contributed by atoms with Crippen LogP contribution in [0.4, 0.5) is 0 Å². The summed E-state index contributed by atoms with van der Waals surface area (Å²) in [6.07, 6.45) is 0.720. The molecule has 144 valence electrons. The zero-order valence-corrected chi connectivity index (χ0v) is 16.5. The number of nitrogens with one attached hydrogen (secondary N) is 2. The van der Waals surface area contributed by atoms with Gasteiger partial charge in [0.05, 0.1) is 13.7 Å². The molecule has 0 fully saturated rings. The van der Waals surface area contributed by atoms with Crippen LogP contribution in [0.2, 0.25) is 0 Å². The molecule has 2 aromatic rings. The summed E-state index contributed by atoms with van der Waals surface area (Å²) in [4.78, 5) is 24.1. The SMILES string of the molecule is COc1ccc(CCNC(=O)CNC(=O)c2ccc(C(C)(C)C)cc2)cc1. The fourth-order valence-corrected chi connectivity index (χ4v) is 2.59. The first-order valence-corrected chi connectivity index (χ1v) is 9.08. The Hall–Kier alpha value is -2.82. The van der Waals surface area contributed by atoms with E-state index in [1.807, 2.05) is 36.4 Å². The molecule has 0 heterocycles. The Morgan fingerprint density at radius 2 is 1.56 bits per heavy atom. The molecule has 0 aromatic heterocycles. The molecule has 0 aliphatic carbocycles. The summed E-state index contributed by atoms with van der Waals surface area (Å²) < 4.78 is 5.12. The van der Waals surface area contributed by atoms with E-state index in [-0.39, 0.29) is 23.8 Å². The fraction of sp³-hybridized carbons (Fsp3) is 0.364. The lowest BCUT2D eigenvalue weighted by Gasteiger charge is -2.19. The molecule has 2 amide bonds. The van der Waals surface area contributed by atoms with E-state index in [0.29, 0.717) is 12.1 Å². The first-order chi connectivity index (χ1) is 12.8. The number of carbonyl (C=O) groups is 2. The van der Waals surface area contributed by atoms with Gasteiger partial charge in [-0.05, 0) is 47.2 Å². The minimum Gasteiger partial charge on any atom is -0.497 e.